The van der Waals surface area contributed by atoms with Crippen LogP contribution >= 0.6 is 0 Å². The summed E-state index contributed by atoms with van der Waals surface area (Å²) in [5.74, 6) is 0. The van der Waals surface area contributed by atoms with Crippen molar-refractivity contribution in [1.82, 2.24) is 0 Å². The van der Waals surface area contributed by atoms with E-state index in [-0.39, 0.29) is 120 Å². The monoisotopic (exact) mass is 253 g/mol. The quantitative estimate of drug-likeness (QED) is 0.403. The summed E-state index contributed by atoms with van der Waals surface area (Å²) in [5.41, 5.74) is 0. The third-order valence-corrected chi connectivity index (χ3v) is 0. The zero-order valence-corrected chi connectivity index (χ0v) is 3.24. The molecule has 0 aliphatic heterocycles. The van der Waals surface area contributed by atoms with Crippen LogP contribution in [0, 0.1) is 0 Å². The van der Waals surface area contributed by atoms with Gasteiger partial charge >= 0.3 is 68.5 Å². The van der Waals surface area contributed by atoms with Gasteiger partial charge in [-0.25, -0.2) is 0 Å². The van der Waals surface area contributed by atoms with E-state index in [1.165, 1.54) is 0 Å². The van der Waals surface area contributed by atoms with Crippen molar-refractivity contribution in [3.63, 3.8) is 0 Å². The van der Waals surface area contributed by atoms with Crippen LogP contribution in [0.3, 0.4) is 0 Å². The Balaban J connectivity index is 0. The molecule has 5 heavy (non-hydrogen) atoms. The van der Waals surface area contributed by atoms with Crippen molar-refractivity contribution in [1.29, 1.82) is 0 Å². The second-order valence-electron chi connectivity index (χ2n) is 0. The Hall–Kier alpha value is 3.83. The molecule has 0 aromatic carbocycles. The van der Waals surface area contributed by atoms with E-state index in [4.69, 9.17) is 0 Å². The van der Waals surface area contributed by atoms with E-state index in [1.54, 1.807) is 0 Å². The van der Waals surface area contributed by atoms with E-state index in [9.17, 15) is 0 Å². The molecule has 0 bridgehead atoms. The van der Waals surface area contributed by atoms with Gasteiger partial charge in [0.05, 0.1) is 0 Å². The molecule has 0 amide bonds. The molecular weight excluding hydrogens is 246 g/mol. The van der Waals surface area contributed by atoms with Crippen LogP contribution in [0.2, 0.25) is 0 Å². The standard InChI is InChI=1S/Al.Cr.Mg.Mn.Sr.7H. The molecule has 0 unspecified atom stereocenters. The SMILES string of the molecule is [AlH3].[Cr].[MgH2].[Mn].[SrH2]. The van der Waals surface area contributed by atoms with Gasteiger partial charge in [-0.1, -0.05) is 0 Å². The third kappa shape index (κ3) is 18.1. The van der Waals surface area contributed by atoms with Crippen molar-refractivity contribution in [3.8, 4) is 0 Å². The van der Waals surface area contributed by atoms with E-state index in [0.717, 1.165) is 0 Å². The van der Waals surface area contributed by atoms with Crippen molar-refractivity contribution in [2.75, 3.05) is 0 Å². The first kappa shape index (κ1) is 36.9. The molecule has 0 aromatic heterocycles. The summed E-state index contributed by atoms with van der Waals surface area (Å²) >= 11 is 0. The van der Waals surface area contributed by atoms with Crippen molar-refractivity contribution in [2.45, 2.75) is 0 Å². The molecule has 0 aliphatic rings. The molecule has 0 nitrogen and oxygen atoms in total. The van der Waals surface area contributed by atoms with Crippen LogP contribution in [0.1, 0.15) is 0 Å². The molecule has 0 saturated heterocycles. The Morgan fingerprint density at radius 3 is 1.00 bits per heavy atom. The van der Waals surface area contributed by atoms with Gasteiger partial charge < -0.3 is 0 Å². The predicted molar refractivity (Wildman–Crippen MR) is 27.0 cm³/mol. The van der Waals surface area contributed by atoms with Crippen molar-refractivity contribution in [2.24, 2.45) is 0 Å². The summed E-state index contributed by atoms with van der Waals surface area (Å²) in [6.07, 6.45) is 0. The molecule has 0 heterocycles. The fourth-order valence-corrected chi connectivity index (χ4v) is 0. The molecule has 0 fully saturated rings. The van der Waals surface area contributed by atoms with Crippen LogP contribution in [-0.2, 0) is 34.4 Å². The number of hydrogen-bond acceptors (Lipinski definition) is 0. The summed E-state index contributed by atoms with van der Waals surface area (Å²) in [6, 6.07) is 0. The van der Waals surface area contributed by atoms with Crippen LogP contribution < -0.4 is 0 Å². The van der Waals surface area contributed by atoms with Crippen molar-refractivity contribution < 1.29 is 34.4 Å². The first-order valence-corrected chi connectivity index (χ1v) is 0. The van der Waals surface area contributed by atoms with E-state index < -0.39 is 0 Å². The Morgan fingerprint density at radius 1 is 1.00 bits per heavy atom. The van der Waals surface area contributed by atoms with Crippen LogP contribution in [0.5, 0.6) is 0 Å². The first-order valence-electron chi connectivity index (χ1n) is 0. The van der Waals surface area contributed by atoms with Gasteiger partial charge in [0.1, 0.15) is 0 Å². The van der Waals surface area contributed by atoms with E-state index in [0.29, 0.717) is 0 Å². The second kappa shape index (κ2) is 24.9. The Bertz CT molecular complexity index is 11.6. The van der Waals surface area contributed by atoms with Gasteiger partial charge in [-0.2, -0.15) is 0 Å². The zero-order chi connectivity index (χ0) is 0. The van der Waals surface area contributed by atoms with Gasteiger partial charge in [0.25, 0.3) is 0 Å². The van der Waals surface area contributed by atoms with Crippen LogP contribution in [0.15, 0.2) is 0 Å². The predicted octanol–water partition coefficient (Wildman–Crippen LogP) is -3.02. The van der Waals surface area contributed by atoms with Crippen molar-refractivity contribution in [3.05, 3.63) is 0 Å². The average molecular weight is 253 g/mol. The first-order chi connectivity index (χ1) is 0. The Labute approximate surface area is 117 Å². The third-order valence-electron chi connectivity index (χ3n) is 0. The van der Waals surface area contributed by atoms with Gasteiger partial charge in [-0.15, -0.1) is 0 Å². The summed E-state index contributed by atoms with van der Waals surface area (Å²) in [4.78, 5) is 0. The fraction of sp³-hybridized carbons (Fsp3) is 0. The molecule has 0 rings (SSSR count). The minimum atomic E-state index is 0. The maximum atomic E-state index is 0. The topological polar surface area (TPSA) is 0 Å². The van der Waals surface area contributed by atoms with E-state index in [2.05, 4.69) is 0 Å². The van der Waals surface area contributed by atoms with Gasteiger partial charge in [0.2, 0.25) is 0 Å². The van der Waals surface area contributed by atoms with Crippen LogP contribution in [0.4, 0.5) is 0 Å². The normalized spacial score (nSPS) is 0. The van der Waals surface area contributed by atoms with Crippen LogP contribution in [-0.4, -0.2) is 85.9 Å². The maximum absolute atomic E-state index is 0. The molecule has 0 aromatic rings. The van der Waals surface area contributed by atoms with Gasteiger partial charge in [0.15, 0.2) is 17.4 Å². The summed E-state index contributed by atoms with van der Waals surface area (Å²) in [5, 5.41) is 0. The van der Waals surface area contributed by atoms with Crippen molar-refractivity contribution >= 4 is 85.9 Å². The summed E-state index contributed by atoms with van der Waals surface area (Å²) in [7, 11) is 0. The zero-order valence-electron chi connectivity index (χ0n) is 0.786. The molecule has 1 radical (unpaired) electrons. The van der Waals surface area contributed by atoms with Gasteiger partial charge in [0, 0.05) is 34.4 Å². The average Bonchev–Trinajstić information content (AvgIpc) is 0. The molecular formula is H7AlCrMgMnSr. The molecule has 27 valence electrons. The number of rotatable bonds is 0. The Morgan fingerprint density at radius 2 is 1.00 bits per heavy atom. The molecule has 0 atom stereocenters. The van der Waals surface area contributed by atoms with Gasteiger partial charge in [-0.3, -0.25) is 0 Å². The molecule has 0 aliphatic carbocycles. The molecule has 5 heteroatoms. The molecule has 0 N–H and O–H groups in total. The summed E-state index contributed by atoms with van der Waals surface area (Å²) in [6.45, 7) is 0. The van der Waals surface area contributed by atoms with Crippen LogP contribution in [0.25, 0.3) is 0 Å². The van der Waals surface area contributed by atoms with E-state index >= 15 is 0 Å². The molecule has 0 spiro atoms. The molecule has 0 saturated carbocycles. The van der Waals surface area contributed by atoms with E-state index in [1.807, 2.05) is 0 Å². The summed E-state index contributed by atoms with van der Waals surface area (Å²) < 4.78 is 0. The Kier molecular flexibility index (Phi) is 184. The number of hydrogen-bond donors (Lipinski definition) is 0. The minimum absolute atomic E-state index is 0. The second-order valence-corrected chi connectivity index (χ2v) is 0. The van der Waals surface area contributed by atoms with Gasteiger partial charge in [-0.05, 0) is 0 Å². The fourth-order valence-electron chi connectivity index (χ4n) is 0.